The van der Waals surface area contributed by atoms with E-state index in [1.54, 1.807) is 7.11 Å². The van der Waals surface area contributed by atoms with E-state index in [1.165, 1.54) is 0 Å². The highest BCUT2D eigenvalue weighted by molar-refractivity contribution is 5.67. The lowest BCUT2D eigenvalue weighted by Crippen LogP contribution is -1.95. The molecule has 0 radical (unpaired) electrons. The predicted octanol–water partition coefficient (Wildman–Crippen LogP) is 1.57. The van der Waals surface area contributed by atoms with Crippen molar-refractivity contribution in [3.8, 4) is 5.75 Å². The van der Waals surface area contributed by atoms with E-state index >= 15 is 0 Å². The number of nitrogens with two attached hydrogens (primary N) is 1. The summed E-state index contributed by atoms with van der Waals surface area (Å²) in [6.07, 6.45) is 0. The average Bonchev–Trinajstić information content (AvgIpc) is 2.05. The Morgan fingerprint density at radius 3 is 2.82 bits per heavy atom. The molecule has 3 heteroatoms. The Kier molecular flexibility index (Phi) is 2.21. The molecular weight excluding hydrogens is 140 g/mol. The van der Waals surface area contributed by atoms with Crippen molar-refractivity contribution in [1.29, 1.82) is 0 Å². The number of hydrogen-bond acceptors (Lipinski definition) is 3. The van der Waals surface area contributed by atoms with Gasteiger partial charge in [0.2, 0.25) is 0 Å². The summed E-state index contributed by atoms with van der Waals surface area (Å²) in [7, 11) is 3.45. The highest BCUT2D eigenvalue weighted by Crippen LogP contribution is 2.23. The van der Waals surface area contributed by atoms with Crippen LogP contribution in [0.1, 0.15) is 1.43 Å². The molecule has 0 fully saturated rings. The zero-order valence-corrected chi connectivity index (χ0v) is 6.72. The number of hydrogen-bond donors (Lipinski definition) is 2. The van der Waals surface area contributed by atoms with E-state index < -0.39 is 0 Å². The maximum absolute atomic E-state index is 5.64. The molecule has 0 saturated carbocycles. The van der Waals surface area contributed by atoms with Crippen LogP contribution in [0.4, 0.5) is 11.4 Å². The number of anilines is 2. The lowest BCUT2D eigenvalue weighted by Gasteiger charge is -2.06. The number of nitrogen functional groups attached to an aromatic ring is 1. The predicted molar refractivity (Wildman–Crippen MR) is 49.1 cm³/mol. The van der Waals surface area contributed by atoms with Crippen LogP contribution < -0.4 is 15.8 Å². The van der Waals surface area contributed by atoms with Gasteiger partial charge in [0.05, 0.1) is 18.5 Å². The highest BCUT2D eigenvalue weighted by Gasteiger charge is 1.97. The van der Waals surface area contributed by atoms with Gasteiger partial charge in [0.15, 0.2) is 0 Å². The summed E-state index contributed by atoms with van der Waals surface area (Å²) >= 11 is 0. The summed E-state index contributed by atoms with van der Waals surface area (Å²) < 4.78 is 5.02. The minimum atomic E-state index is 0. The van der Waals surface area contributed by atoms with Crippen LogP contribution in [0, 0.1) is 0 Å². The van der Waals surface area contributed by atoms with Crippen LogP contribution in [-0.4, -0.2) is 14.2 Å². The van der Waals surface area contributed by atoms with E-state index in [9.17, 15) is 0 Å². The number of rotatable bonds is 2. The maximum Gasteiger partial charge on any atom is 0.121 e. The third-order valence-electron chi connectivity index (χ3n) is 1.53. The number of ether oxygens (including phenoxy) is 1. The monoisotopic (exact) mass is 154 g/mol. The molecule has 0 bridgehead atoms. The molecule has 0 aliphatic rings. The minimum absolute atomic E-state index is 0. The largest absolute Gasteiger partial charge is 0.497 e. The smallest absolute Gasteiger partial charge is 0.121 e. The van der Waals surface area contributed by atoms with E-state index in [1.807, 2.05) is 25.2 Å². The fraction of sp³-hybridized carbons (Fsp3) is 0.250. The summed E-state index contributed by atoms with van der Waals surface area (Å²) in [6.45, 7) is 0. The van der Waals surface area contributed by atoms with Gasteiger partial charge in [-0.3, -0.25) is 0 Å². The third kappa shape index (κ3) is 1.55. The molecule has 0 spiro atoms. The average molecular weight is 154 g/mol. The molecule has 3 N–H and O–H groups in total. The summed E-state index contributed by atoms with van der Waals surface area (Å²) in [4.78, 5) is 0. The Balaban J connectivity index is 0.00000121. The van der Waals surface area contributed by atoms with Gasteiger partial charge in [0.1, 0.15) is 5.75 Å². The van der Waals surface area contributed by atoms with Crippen molar-refractivity contribution >= 4 is 11.4 Å². The van der Waals surface area contributed by atoms with Crippen LogP contribution in [0.25, 0.3) is 0 Å². The van der Waals surface area contributed by atoms with Gasteiger partial charge in [0, 0.05) is 14.5 Å². The Morgan fingerprint density at radius 1 is 1.55 bits per heavy atom. The van der Waals surface area contributed by atoms with Gasteiger partial charge in [-0.15, -0.1) is 0 Å². The van der Waals surface area contributed by atoms with Crippen molar-refractivity contribution in [1.82, 2.24) is 0 Å². The molecule has 11 heavy (non-hydrogen) atoms. The van der Waals surface area contributed by atoms with Gasteiger partial charge >= 0.3 is 0 Å². The first kappa shape index (κ1) is 7.72. The highest BCUT2D eigenvalue weighted by atomic mass is 16.5. The second-order valence-corrected chi connectivity index (χ2v) is 2.20. The Labute approximate surface area is 67.6 Å². The van der Waals surface area contributed by atoms with Gasteiger partial charge in [-0.05, 0) is 12.1 Å². The molecule has 0 heterocycles. The van der Waals surface area contributed by atoms with Crippen LogP contribution in [0.15, 0.2) is 18.2 Å². The van der Waals surface area contributed by atoms with E-state index in [4.69, 9.17) is 10.5 Å². The first-order valence-electron chi connectivity index (χ1n) is 3.39. The molecule has 0 aromatic heterocycles. The lowest BCUT2D eigenvalue weighted by atomic mass is 10.2. The van der Waals surface area contributed by atoms with Crippen LogP contribution in [0.5, 0.6) is 5.75 Å². The van der Waals surface area contributed by atoms with E-state index in [0.29, 0.717) is 0 Å². The van der Waals surface area contributed by atoms with Gasteiger partial charge in [-0.1, -0.05) is 0 Å². The van der Waals surface area contributed by atoms with E-state index in [0.717, 1.165) is 17.1 Å². The molecule has 1 rings (SSSR count). The van der Waals surface area contributed by atoms with Crippen LogP contribution in [-0.2, 0) is 0 Å². The Bertz CT molecular complexity index is 253. The quantitative estimate of drug-likeness (QED) is 0.635. The molecule has 0 atom stereocenters. The van der Waals surface area contributed by atoms with Crippen molar-refractivity contribution < 1.29 is 6.16 Å². The molecule has 3 nitrogen and oxygen atoms in total. The van der Waals surface area contributed by atoms with Crippen molar-refractivity contribution in [2.45, 2.75) is 0 Å². The molecule has 1 aromatic rings. The third-order valence-corrected chi connectivity index (χ3v) is 1.53. The molecule has 0 aliphatic heterocycles. The zero-order chi connectivity index (χ0) is 8.27. The zero-order valence-electron chi connectivity index (χ0n) is 6.72. The first-order valence-corrected chi connectivity index (χ1v) is 3.39. The molecule has 0 amide bonds. The standard InChI is InChI=1S/C8H12N2O.H2/c1-10-8-5-6(11-2)3-4-7(8)9;/h3-5,10H,9H2,1-2H3;1H. The van der Waals surface area contributed by atoms with E-state index in [-0.39, 0.29) is 1.43 Å². The van der Waals surface area contributed by atoms with Crippen molar-refractivity contribution in [2.24, 2.45) is 0 Å². The van der Waals surface area contributed by atoms with Crippen LogP contribution in [0.3, 0.4) is 0 Å². The van der Waals surface area contributed by atoms with Crippen LogP contribution in [0.2, 0.25) is 0 Å². The second kappa shape index (κ2) is 3.14. The van der Waals surface area contributed by atoms with Gasteiger partial charge in [0.25, 0.3) is 0 Å². The van der Waals surface area contributed by atoms with Crippen molar-refractivity contribution in [3.05, 3.63) is 18.2 Å². The van der Waals surface area contributed by atoms with E-state index in [2.05, 4.69) is 5.32 Å². The fourth-order valence-electron chi connectivity index (χ4n) is 0.879. The number of benzene rings is 1. The molecule has 0 unspecified atom stereocenters. The van der Waals surface area contributed by atoms with Gasteiger partial charge in [-0.2, -0.15) is 0 Å². The Morgan fingerprint density at radius 2 is 2.27 bits per heavy atom. The minimum Gasteiger partial charge on any atom is -0.497 e. The number of methoxy groups -OCH3 is 1. The Hall–Kier alpha value is -1.38. The lowest BCUT2D eigenvalue weighted by molar-refractivity contribution is 0.415. The summed E-state index contributed by atoms with van der Waals surface area (Å²) in [5.74, 6) is 0.809. The summed E-state index contributed by atoms with van der Waals surface area (Å²) in [5, 5.41) is 2.96. The summed E-state index contributed by atoms with van der Waals surface area (Å²) in [5.41, 5.74) is 7.26. The van der Waals surface area contributed by atoms with Crippen molar-refractivity contribution in [2.75, 3.05) is 25.2 Å². The molecule has 0 aliphatic carbocycles. The SMILES string of the molecule is CNc1cc(OC)ccc1N.[HH]. The topological polar surface area (TPSA) is 47.3 Å². The fourth-order valence-corrected chi connectivity index (χ4v) is 0.879. The maximum atomic E-state index is 5.64. The molecule has 1 aromatic carbocycles. The molecule has 62 valence electrons. The molecule has 0 saturated heterocycles. The molecular formula is C8H14N2O. The normalized spacial score (nSPS) is 9.27. The number of nitrogens with one attached hydrogen (secondary N) is 1. The van der Waals surface area contributed by atoms with Crippen molar-refractivity contribution in [3.63, 3.8) is 0 Å². The van der Waals surface area contributed by atoms with Crippen LogP contribution >= 0.6 is 0 Å². The van der Waals surface area contributed by atoms with Gasteiger partial charge in [-0.25, -0.2) is 0 Å². The van der Waals surface area contributed by atoms with Gasteiger partial charge < -0.3 is 15.8 Å². The second-order valence-electron chi connectivity index (χ2n) is 2.20. The summed E-state index contributed by atoms with van der Waals surface area (Å²) in [6, 6.07) is 5.50. The first-order chi connectivity index (χ1) is 5.27.